The van der Waals surface area contributed by atoms with Crippen molar-refractivity contribution in [2.24, 2.45) is 35.5 Å². The number of rotatable bonds is 33. The van der Waals surface area contributed by atoms with Crippen LogP contribution < -0.4 is 309 Å². The van der Waals surface area contributed by atoms with E-state index in [1.165, 1.54) is 25.1 Å². The Morgan fingerprint density at radius 2 is 0.782 bits per heavy atom. The van der Waals surface area contributed by atoms with Crippen LogP contribution in [0.25, 0.3) is 0 Å². The van der Waals surface area contributed by atoms with Gasteiger partial charge in [-0.2, -0.15) is 0 Å². The Labute approximate surface area is 999 Å². The molecule has 0 spiro atoms. The summed E-state index contributed by atoms with van der Waals surface area (Å²) in [5, 5.41) is 2.05. The third-order valence-corrected chi connectivity index (χ3v) is 24.3. The van der Waals surface area contributed by atoms with Gasteiger partial charge >= 0.3 is 313 Å². The number of nitrogens with zero attached hydrogens (tertiary/aromatic N) is 2. The zero-order valence-electron chi connectivity index (χ0n) is 71.8. The van der Waals surface area contributed by atoms with E-state index >= 15 is 0 Å². The van der Waals surface area contributed by atoms with Gasteiger partial charge in [0.05, 0.1) is 47.0 Å². The van der Waals surface area contributed by atoms with Gasteiger partial charge < -0.3 is 72.5 Å². The van der Waals surface area contributed by atoms with Gasteiger partial charge in [0.25, 0.3) is 0 Å². The normalized spacial score (nSPS) is 20.7. The van der Waals surface area contributed by atoms with Crippen molar-refractivity contribution in [3.63, 3.8) is 0 Å². The molecule has 6 aliphatic heterocycles. The molecule has 6 aliphatic rings. The Balaban J connectivity index is 0.000000264. The standard InChI is InChI=1S/C20H29O5S.C19H23O4S2.C18H19O2S.2C17H18NO2S.Ca.4Cs.H/c1-15-9-20(25-13-15)26-19-11-17(23-8-7-21-2)10-18(12-19)24-14-16-3-5-22-6-4-16;1-14-8-19(23-12-14)25-18-10-15(21-6-5-20-2)9-16(11-18)22-13-17-4-3-7-24-17;1-14-11-18(20-12-14)21-17-9-7-16(8-10-17)19-13-15-5-3-2-4-6-15;1-13-8-17(20-11-13)21-16-6-2-5-15(9-16)19-12-14-4-3-7-18-10-14;1-13-9-17(20-11-13)21-16-4-2-3-15(10-16)19-12-14-5-7-18-8-6-14;;;;;;/h10-13,15-16,20H,3-9,14H2,1-2H3;3-4,7,9-12,14,19H,5-6,8,13H2,1-2H3;2-10,12,14,18H,11,13H2,1H3;2-7,9-11,13,17H,8,12H2,1H3;2-8,10-11,13,17H,9,12H2,1H3;;;;;;/q5*-1;+2;4*+1;-1/t15-,20?;14-,19?;14-,18?;2*13-,17?;;;;;;/m11111....../s1. The maximum atomic E-state index is 6.09. The van der Waals surface area contributed by atoms with Crippen molar-refractivity contribution < 1.29 is 348 Å². The molecular weight excluding hydrogens is 2130 g/mol. The van der Waals surface area contributed by atoms with Gasteiger partial charge in [-0.15, -0.1) is 40.9 Å². The van der Waals surface area contributed by atoms with E-state index in [2.05, 4.69) is 111 Å². The van der Waals surface area contributed by atoms with Gasteiger partial charge in [-0.25, -0.2) is 33.0 Å². The van der Waals surface area contributed by atoms with Crippen LogP contribution in [0.3, 0.4) is 0 Å². The second kappa shape index (κ2) is 64.6. The summed E-state index contributed by atoms with van der Waals surface area (Å²) in [6.07, 6.45) is 14.5. The molecule has 0 aliphatic carbocycles. The number of thiophene rings is 1. The van der Waals surface area contributed by atoms with Crippen LogP contribution >= 0.6 is 70.1 Å². The molecule has 17 nitrogen and oxygen atoms in total. The number of benzene rings is 6. The molecular formula is C91H108CaCs4N2O15S6. The molecule has 10 atom stereocenters. The minimum atomic E-state index is 0. The number of aromatic nitrogens is 2. The first-order valence-electron chi connectivity index (χ1n) is 39.0. The van der Waals surface area contributed by atoms with E-state index in [0.717, 1.165) is 126 Å². The summed E-state index contributed by atoms with van der Waals surface area (Å²) in [5.74, 6) is 9.09. The maximum absolute atomic E-state index is 6.09. The first-order chi connectivity index (χ1) is 55.8. The smallest absolute Gasteiger partial charge is 1.00 e. The molecule has 9 heterocycles. The van der Waals surface area contributed by atoms with Gasteiger partial charge in [-0.1, -0.05) is 148 Å². The van der Waals surface area contributed by atoms with Crippen molar-refractivity contribution in [3.8, 4) is 40.2 Å². The zero-order chi connectivity index (χ0) is 79.2. The van der Waals surface area contributed by atoms with Crippen molar-refractivity contribution in [1.82, 2.24) is 9.97 Å². The van der Waals surface area contributed by atoms with Crippen molar-refractivity contribution >= 4 is 108 Å². The van der Waals surface area contributed by atoms with Crippen LogP contribution in [0.4, 0.5) is 0 Å². The van der Waals surface area contributed by atoms with E-state index in [1.807, 2.05) is 154 Å². The molecule has 0 N–H and O–H groups in total. The van der Waals surface area contributed by atoms with Crippen molar-refractivity contribution in [3.05, 3.63) is 261 Å². The molecule has 5 unspecified atom stereocenters. The molecule has 0 bridgehead atoms. The first-order valence-corrected chi connectivity index (χ1v) is 44.3. The molecule has 3 aromatic heterocycles. The van der Waals surface area contributed by atoms with E-state index in [4.69, 9.17) is 71.1 Å². The minimum Gasteiger partial charge on any atom is -1.00 e. The van der Waals surface area contributed by atoms with Crippen LogP contribution in [0.1, 0.15) is 103 Å². The van der Waals surface area contributed by atoms with Gasteiger partial charge in [-0.05, 0) is 177 Å². The Morgan fingerprint density at radius 3 is 1.22 bits per heavy atom. The summed E-state index contributed by atoms with van der Waals surface area (Å²) in [7, 11) is 3.34. The summed E-state index contributed by atoms with van der Waals surface area (Å²) < 4.78 is 84.9. The topological polar surface area (TPSA) is 164 Å². The van der Waals surface area contributed by atoms with E-state index in [0.29, 0.717) is 88.4 Å². The number of hydrogen-bond acceptors (Lipinski definition) is 23. The fraction of sp³-hybridized carbons (Fsp3) is 0.396. The Kier molecular flexibility index (Phi) is 60.1. The largest absolute Gasteiger partial charge is 2.00 e. The number of methoxy groups -OCH3 is 2. The van der Waals surface area contributed by atoms with Crippen LogP contribution in [0.2, 0.25) is 0 Å². The molecule has 119 heavy (non-hydrogen) atoms. The van der Waals surface area contributed by atoms with Gasteiger partial charge in [0.1, 0.15) is 79.9 Å². The Hall–Kier alpha value is 2.82. The number of hydrogen-bond donors (Lipinski definition) is 0. The van der Waals surface area contributed by atoms with Gasteiger partial charge in [0, 0.05) is 99.3 Å². The zero-order valence-corrected chi connectivity index (χ0v) is 103. The number of thioether (sulfide) groups is 5. The SMILES string of the molecule is COCCOc1cc(OCC2CCOCC2)cc(SC2C[C@@H](C)[CH-]O2)c1.COCCOc1cc(OCc2cccs2)cc(SC2C[C@@H](C)[CH-]O2)c1.C[C@H]1[CH-]OC(Sc2ccc(OCc3ccccc3)cc2)C1.C[C@H]1[CH-]OC(Sc2cccc(OCc3cccnc3)c2)C1.C[C@H]1[CH-]OC(Sc2cccc(OCc3ccncc3)c2)C1.[Ca+2].[Cs+].[Cs+].[Cs+].[Cs+].[H-]. The van der Waals surface area contributed by atoms with Crippen LogP contribution in [-0.4, -0.2) is 135 Å². The molecule has 614 valence electrons. The summed E-state index contributed by atoms with van der Waals surface area (Å²) in [4.78, 5) is 15.0. The molecule has 0 radical (unpaired) electrons. The quantitative estimate of drug-likeness (QED) is 0.0217. The minimum absolute atomic E-state index is 0. The summed E-state index contributed by atoms with van der Waals surface area (Å²) in [6.45, 7) is 27.3. The monoisotopic (exact) mass is 2230 g/mol. The van der Waals surface area contributed by atoms with Crippen LogP contribution in [0.5, 0.6) is 40.2 Å². The second-order valence-electron chi connectivity index (χ2n) is 28.3. The van der Waals surface area contributed by atoms with E-state index < -0.39 is 0 Å². The van der Waals surface area contributed by atoms with Crippen molar-refractivity contribution in [2.75, 3.05) is 60.5 Å². The van der Waals surface area contributed by atoms with Gasteiger partial charge in [0.2, 0.25) is 0 Å². The Morgan fingerprint density at radius 1 is 0.370 bits per heavy atom. The van der Waals surface area contributed by atoms with Crippen LogP contribution in [0.15, 0.2) is 231 Å². The van der Waals surface area contributed by atoms with E-state index in [9.17, 15) is 0 Å². The molecule has 6 saturated heterocycles. The van der Waals surface area contributed by atoms with E-state index in [-0.39, 0.29) is 342 Å². The van der Waals surface area contributed by atoms with Crippen molar-refractivity contribution in [1.29, 1.82) is 0 Å². The molecule has 15 rings (SSSR count). The number of pyridine rings is 2. The fourth-order valence-corrected chi connectivity index (χ4v) is 18.4. The molecule has 6 aromatic carbocycles. The third-order valence-electron chi connectivity index (χ3n) is 18.0. The number of ether oxygens (including phenoxy) is 15. The van der Waals surface area contributed by atoms with E-state index in [1.54, 1.807) is 103 Å². The molecule has 0 amide bonds. The summed E-state index contributed by atoms with van der Waals surface area (Å²) in [6, 6.07) is 58.8. The second-order valence-corrected chi connectivity index (χ2v) is 35.5. The Bertz CT molecular complexity index is 4060. The van der Waals surface area contributed by atoms with Gasteiger partial charge in [0.15, 0.2) is 0 Å². The average molecular weight is 2230 g/mol. The first kappa shape index (κ1) is 111. The van der Waals surface area contributed by atoms with Crippen molar-refractivity contribution in [2.45, 2.75) is 158 Å². The summed E-state index contributed by atoms with van der Waals surface area (Å²) in [5.41, 5.74) is 4.35. The van der Waals surface area contributed by atoms with Gasteiger partial charge in [-0.3, -0.25) is 9.97 Å². The predicted molar refractivity (Wildman–Crippen MR) is 463 cm³/mol. The molecule has 6 fully saturated rings. The predicted octanol–water partition coefficient (Wildman–Crippen LogP) is 10.4. The van der Waals surface area contributed by atoms with Crippen LogP contribution in [0, 0.1) is 68.5 Å². The fourth-order valence-electron chi connectivity index (χ4n) is 12.0. The third kappa shape index (κ3) is 44.5. The average Bonchev–Trinajstić information content (AvgIpc) is 1.40. The molecule has 9 aromatic rings. The maximum Gasteiger partial charge on any atom is 2.00 e. The molecule has 28 heteroatoms. The summed E-state index contributed by atoms with van der Waals surface area (Å²) >= 11 is 10.4. The van der Waals surface area contributed by atoms with Crippen LogP contribution in [-0.2, 0) is 64.3 Å². The molecule has 0 saturated carbocycles.